The van der Waals surface area contributed by atoms with Gasteiger partial charge in [0.05, 0.1) is 6.10 Å². The molecule has 2 aromatic rings. The SMILES string of the molecule is Cc1ccc(NCC(O)c2cccc(C)c2)cc1. The highest BCUT2D eigenvalue weighted by molar-refractivity contribution is 5.44. The van der Waals surface area contributed by atoms with Gasteiger partial charge in [-0.2, -0.15) is 0 Å². The van der Waals surface area contributed by atoms with Crippen molar-refractivity contribution in [1.82, 2.24) is 0 Å². The molecule has 0 heterocycles. The van der Waals surface area contributed by atoms with Crippen molar-refractivity contribution in [1.29, 1.82) is 0 Å². The van der Waals surface area contributed by atoms with Crippen LogP contribution in [0.5, 0.6) is 0 Å². The van der Waals surface area contributed by atoms with Crippen LogP contribution in [0.2, 0.25) is 0 Å². The van der Waals surface area contributed by atoms with E-state index in [2.05, 4.69) is 24.4 Å². The van der Waals surface area contributed by atoms with Crippen LogP contribution in [-0.4, -0.2) is 11.7 Å². The first-order valence-electron chi connectivity index (χ1n) is 6.20. The molecule has 1 unspecified atom stereocenters. The first kappa shape index (κ1) is 12.7. The molecule has 2 heteroatoms. The zero-order valence-electron chi connectivity index (χ0n) is 10.9. The minimum atomic E-state index is -0.480. The maximum absolute atomic E-state index is 10.1. The van der Waals surface area contributed by atoms with Crippen molar-refractivity contribution in [3.63, 3.8) is 0 Å². The van der Waals surface area contributed by atoms with Crippen molar-refractivity contribution < 1.29 is 5.11 Å². The van der Waals surface area contributed by atoms with Gasteiger partial charge in [0, 0.05) is 12.2 Å². The van der Waals surface area contributed by atoms with E-state index in [-0.39, 0.29) is 0 Å². The number of aliphatic hydroxyl groups excluding tert-OH is 1. The first-order chi connectivity index (χ1) is 8.65. The lowest BCUT2D eigenvalue weighted by molar-refractivity contribution is 0.191. The summed E-state index contributed by atoms with van der Waals surface area (Å²) in [6.07, 6.45) is -0.480. The first-order valence-corrected chi connectivity index (χ1v) is 6.20. The number of aliphatic hydroxyl groups is 1. The lowest BCUT2D eigenvalue weighted by Gasteiger charge is -2.13. The smallest absolute Gasteiger partial charge is 0.0962 e. The highest BCUT2D eigenvalue weighted by Gasteiger charge is 2.06. The number of anilines is 1. The van der Waals surface area contributed by atoms with Crippen LogP contribution in [0, 0.1) is 13.8 Å². The van der Waals surface area contributed by atoms with Gasteiger partial charge >= 0.3 is 0 Å². The molecule has 0 spiro atoms. The van der Waals surface area contributed by atoms with Gasteiger partial charge in [-0.25, -0.2) is 0 Å². The van der Waals surface area contributed by atoms with Crippen LogP contribution in [0.3, 0.4) is 0 Å². The third-order valence-electron chi connectivity index (χ3n) is 2.98. The standard InChI is InChI=1S/C16H19NO/c1-12-6-8-15(9-7-12)17-11-16(18)14-5-3-4-13(2)10-14/h3-10,16-18H,11H2,1-2H3. The van der Waals surface area contributed by atoms with E-state index < -0.39 is 6.10 Å². The summed E-state index contributed by atoms with van der Waals surface area (Å²) in [5, 5.41) is 13.3. The van der Waals surface area contributed by atoms with Crippen molar-refractivity contribution in [2.24, 2.45) is 0 Å². The van der Waals surface area contributed by atoms with Crippen LogP contribution in [0.15, 0.2) is 48.5 Å². The fraction of sp³-hybridized carbons (Fsp3) is 0.250. The predicted octanol–water partition coefficient (Wildman–Crippen LogP) is 3.45. The molecule has 0 fully saturated rings. The van der Waals surface area contributed by atoms with E-state index in [0.717, 1.165) is 11.3 Å². The Hall–Kier alpha value is -1.80. The molecule has 2 aromatic carbocycles. The van der Waals surface area contributed by atoms with Gasteiger partial charge in [-0.15, -0.1) is 0 Å². The Kier molecular flexibility index (Phi) is 4.00. The topological polar surface area (TPSA) is 32.3 Å². The molecule has 0 aliphatic carbocycles. The summed E-state index contributed by atoms with van der Waals surface area (Å²) < 4.78 is 0. The van der Waals surface area contributed by atoms with Gasteiger partial charge in [-0.1, -0.05) is 47.5 Å². The van der Waals surface area contributed by atoms with E-state index >= 15 is 0 Å². The number of nitrogens with one attached hydrogen (secondary N) is 1. The number of hydrogen-bond donors (Lipinski definition) is 2. The van der Waals surface area contributed by atoms with Crippen molar-refractivity contribution in [2.75, 3.05) is 11.9 Å². The minimum absolute atomic E-state index is 0.480. The molecule has 0 aliphatic rings. The number of rotatable bonds is 4. The molecule has 18 heavy (non-hydrogen) atoms. The second kappa shape index (κ2) is 5.69. The highest BCUT2D eigenvalue weighted by atomic mass is 16.3. The molecule has 2 N–H and O–H groups in total. The average molecular weight is 241 g/mol. The van der Waals surface area contributed by atoms with E-state index in [0.29, 0.717) is 6.54 Å². The summed E-state index contributed by atoms with van der Waals surface area (Å²) in [6.45, 7) is 4.61. The van der Waals surface area contributed by atoms with Crippen LogP contribution < -0.4 is 5.32 Å². The monoisotopic (exact) mass is 241 g/mol. The Morgan fingerprint density at radius 1 is 1.00 bits per heavy atom. The van der Waals surface area contributed by atoms with Gasteiger partial charge in [-0.05, 0) is 31.5 Å². The molecule has 0 radical (unpaired) electrons. The molecule has 0 saturated heterocycles. The quantitative estimate of drug-likeness (QED) is 0.859. The maximum Gasteiger partial charge on any atom is 0.0962 e. The summed E-state index contributed by atoms with van der Waals surface area (Å²) in [4.78, 5) is 0. The molecule has 2 nitrogen and oxygen atoms in total. The average Bonchev–Trinajstić information content (AvgIpc) is 2.38. The minimum Gasteiger partial charge on any atom is -0.387 e. The number of aryl methyl sites for hydroxylation is 2. The molecule has 0 bridgehead atoms. The molecule has 0 saturated carbocycles. The third kappa shape index (κ3) is 3.34. The molecule has 2 rings (SSSR count). The van der Waals surface area contributed by atoms with Crippen LogP contribution >= 0.6 is 0 Å². The van der Waals surface area contributed by atoms with E-state index in [9.17, 15) is 5.11 Å². The fourth-order valence-electron chi connectivity index (χ4n) is 1.88. The van der Waals surface area contributed by atoms with Crippen LogP contribution in [0.1, 0.15) is 22.8 Å². The van der Waals surface area contributed by atoms with Gasteiger partial charge in [0.15, 0.2) is 0 Å². The zero-order valence-corrected chi connectivity index (χ0v) is 10.9. The van der Waals surface area contributed by atoms with Gasteiger partial charge < -0.3 is 10.4 Å². The van der Waals surface area contributed by atoms with Crippen molar-refractivity contribution in [3.8, 4) is 0 Å². The summed E-state index contributed by atoms with van der Waals surface area (Å²) in [5.74, 6) is 0. The van der Waals surface area contributed by atoms with E-state index in [1.54, 1.807) is 0 Å². The summed E-state index contributed by atoms with van der Waals surface area (Å²) in [5.41, 5.74) is 4.39. The molecule has 0 aromatic heterocycles. The molecular formula is C16H19NO. The Morgan fingerprint density at radius 2 is 1.72 bits per heavy atom. The van der Waals surface area contributed by atoms with Crippen LogP contribution in [-0.2, 0) is 0 Å². The Morgan fingerprint density at radius 3 is 2.39 bits per heavy atom. The molecule has 0 amide bonds. The van der Waals surface area contributed by atoms with E-state index in [4.69, 9.17) is 0 Å². The van der Waals surface area contributed by atoms with Gasteiger partial charge in [0.25, 0.3) is 0 Å². The summed E-state index contributed by atoms with van der Waals surface area (Å²) in [7, 11) is 0. The lowest BCUT2D eigenvalue weighted by atomic mass is 10.1. The second-order valence-corrected chi connectivity index (χ2v) is 4.68. The van der Waals surface area contributed by atoms with Crippen molar-refractivity contribution in [3.05, 3.63) is 65.2 Å². The third-order valence-corrected chi connectivity index (χ3v) is 2.98. The zero-order chi connectivity index (χ0) is 13.0. The molecule has 94 valence electrons. The predicted molar refractivity (Wildman–Crippen MR) is 75.8 cm³/mol. The van der Waals surface area contributed by atoms with E-state index in [1.165, 1.54) is 11.1 Å². The summed E-state index contributed by atoms with van der Waals surface area (Å²) >= 11 is 0. The van der Waals surface area contributed by atoms with Gasteiger partial charge in [0.1, 0.15) is 0 Å². The van der Waals surface area contributed by atoms with Crippen molar-refractivity contribution >= 4 is 5.69 Å². The Balaban J connectivity index is 1.96. The fourth-order valence-corrected chi connectivity index (χ4v) is 1.88. The maximum atomic E-state index is 10.1. The Bertz CT molecular complexity index is 505. The molecule has 0 aliphatic heterocycles. The molecular weight excluding hydrogens is 222 g/mol. The highest BCUT2D eigenvalue weighted by Crippen LogP contribution is 2.16. The van der Waals surface area contributed by atoms with Crippen LogP contribution in [0.4, 0.5) is 5.69 Å². The van der Waals surface area contributed by atoms with Crippen molar-refractivity contribution in [2.45, 2.75) is 20.0 Å². The Labute approximate surface area is 108 Å². The van der Waals surface area contributed by atoms with Crippen LogP contribution in [0.25, 0.3) is 0 Å². The molecule has 1 atom stereocenters. The number of hydrogen-bond acceptors (Lipinski definition) is 2. The van der Waals surface area contributed by atoms with E-state index in [1.807, 2.05) is 43.3 Å². The van der Waals surface area contributed by atoms with Gasteiger partial charge in [0.2, 0.25) is 0 Å². The van der Waals surface area contributed by atoms with Gasteiger partial charge in [-0.3, -0.25) is 0 Å². The second-order valence-electron chi connectivity index (χ2n) is 4.68. The lowest BCUT2D eigenvalue weighted by Crippen LogP contribution is -2.12. The normalized spacial score (nSPS) is 12.2. The largest absolute Gasteiger partial charge is 0.387 e. The number of benzene rings is 2. The summed E-state index contributed by atoms with van der Waals surface area (Å²) in [6, 6.07) is 16.1.